The lowest BCUT2D eigenvalue weighted by Crippen LogP contribution is -1.94. The normalized spacial score (nSPS) is 12.3. The van der Waals surface area contributed by atoms with Crippen LogP contribution < -0.4 is 0 Å². The van der Waals surface area contributed by atoms with E-state index in [4.69, 9.17) is 8.83 Å². The zero-order chi connectivity index (χ0) is 30.5. The first-order valence-corrected chi connectivity index (χ1v) is 15.7. The third kappa shape index (κ3) is 4.37. The summed E-state index contributed by atoms with van der Waals surface area (Å²) in [6, 6.07) is 53.0. The Labute approximate surface area is 267 Å². The van der Waals surface area contributed by atoms with E-state index >= 15 is 0 Å². The Bertz CT molecular complexity index is 2400. The Morgan fingerprint density at radius 2 is 1.37 bits per heavy atom. The molecular weight excluding hydrogens is 560 g/mol. The second-order valence-electron chi connectivity index (χ2n) is 11.8. The van der Waals surface area contributed by atoms with E-state index in [-0.39, 0.29) is 0 Å². The van der Waals surface area contributed by atoms with Crippen LogP contribution in [-0.4, -0.2) is 0 Å². The molecule has 0 aliphatic heterocycles. The molecule has 0 radical (unpaired) electrons. The van der Waals surface area contributed by atoms with Gasteiger partial charge in [0.1, 0.15) is 22.7 Å². The van der Waals surface area contributed by atoms with Crippen LogP contribution in [0.15, 0.2) is 148 Å². The van der Waals surface area contributed by atoms with Gasteiger partial charge >= 0.3 is 0 Å². The Hall–Kier alpha value is -6.04. The van der Waals surface area contributed by atoms with Gasteiger partial charge < -0.3 is 8.83 Å². The maximum absolute atomic E-state index is 6.95. The summed E-state index contributed by atoms with van der Waals surface area (Å²) < 4.78 is 13.4. The van der Waals surface area contributed by atoms with E-state index < -0.39 is 0 Å². The van der Waals surface area contributed by atoms with E-state index in [2.05, 4.69) is 133 Å². The predicted octanol–water partition coefficient (Wildman–Crippen LogP) is 12.1. The van der Waals surface area contributed by atoms with Gasteiger partial charge in [-0.3, -0.25) is 0 Å². The Kier molecular flexibility index (Phi) is 6.21. The topological polar surface area (TPSA) is 26.3 Å². The van der Waals surface area contributed by atoms with Crippen molar-refractivity contribution in [3.63, 3.8) is 0 Å². The van der Waals surface area contributed by atoms with Crippen molar-refractivity contribution in [1.82, 2.24) is 0 Å². The van der Waals surface area contributed by atoms with Gasteiger partial charge in [-0.15, -0.1) is 0 Å². The fraction of sp³-hybridized carbons (Fsp3) is 0.0455. The predicted molar refractivity (Wildman–Crippen MR) is 188 cm³/mol. The molecule has 46 heavy (non-hydrogen) atoms. The van der Waals surface area contributed by atoms with Crippen LogP contribution in [0.2, 0.25) is 0 Å². The van der Waals surface area contributed by atoms with Gasteiger partial charge in [-0.05, 0) is 65.9 Å². The lowest BCUT2D eigenvalue weighted by Gasteiger charge is -2.13. The summed E-state index contributed by atoms with van der Waals surface area (Å²) >= 11 is 0. The maximum atomic E-state index is 6.95. The number of furan rings is 2. The molecule has 2 nitrogen and oxygen atoms in total. The Morgan fingerprint density at radius 1 is 0.543 bits per heavy atom. The highest BCUT2D eigenvalue weighted by Crippen LogP contribution is 2.45. The fourth-order valence-electron chi connectivity index (χ4n) is 6.85. The smallest absolute Gasteiger partial charge is 0.143 e. The highest BCUT2D eigenvalue weighted by molar-refractivity contribution is 6.09. The van der Waals surface area contributed by atoms with Gasteiger partial charge in [-0.2, -0.15) is 0 Å². The molecule has 0 N–H and O–H groups in total. The molecule has 6 aromatic carbocycles. The van der Waals surface area contributed by atoms with Crippen LogP contribution in [0.1, 0.15) is 17.5 Å². The molecule has 0 amide bonds. The highest BCUT2D eigenvalue weighted by Gasteiger charge is 2.25. The molecule has 1 aliphatic carbocycles. The van der Waals surface area contributed by atoms with Gasteiger partial charge in [0, 0.05) is 49.7 Å². The van der Waals surface area contributed by atoms with Crippen LogP contribution in [0.4, 0.5) is 0 Å². The maximum Gasteiger partial charge on any atom is 0.143 e. The largest absolute Gasteiger partial charge is 0.455 e. The van der Waals surface area contributed by atoms with Gasteiger partial charge in [0.05, 0.1) is 0 Å². The molecule has 0 unspecified atom stereocenters. The van der Waals surface area contributed by atoms with Crippen LogP contribution in [0.5, 0.6) is 0 Å². The molecule has 2 heteroatoms. The zero-order valence-corrected chi connectivity index (χ0v) is 25.1. The summed E-state index contributed by atoms with van der Waals surface area (Å²) in [4.78, 5) is 0. The Morgan fingerprint density at radius 3 is 2.28 bits per heavy atom. The van der Waals surface area contributed by atoms with E-state index in [1.54, 1.807) is 0 Å². The third-order valence-corrected chi connectivity index (χ3v) is 9.04. The first-order chi connectivity index (χ1) is 22.8. The van der Waals surface area contributed by atoms with Crippen molar-refractivity contribution in [2.45, 2.75) is 12.8 Å². The van der Waals surface area contributed by atoms with Crippen LogP contribution in [-0.2, 0) is 6.42 Å². The summed E-state index contributed by atoms with van der Waals surface area (Å²) in [7, 11) is 0. The number of allylic oxidation sites excluding steroid dienone is 1. The standard InChI is InChI=1S/C44H28O2/c1-3-13-29(14-4-1)31-17-11-18-33(27-31)42-37-20-7-8-21-38(37)44(46-42)39-26-25-32(28-40(39)30-15-5-2-6-16-30)34-22-12-23-36-35-19-9-10-24-41(35)45-43(34)36/h1-5,7,9-15,17-20,22-28H,8,21H2. The van der Waals surface area contributed by atoms with E-state index in [0.717, 1.165) is 85.2 Å². The molecule has 0 fully saturated rings. The molecule has 0 saturated carbocycles. The minimum absolute atomic E-state index is 0.895. The van der Waals surface area contributed by atoms with Crippen molar-refractivity contribution in [3.8, 4) is 56.0 Å². The molecule has 8 aromatic rings. The minimum Gasteiger partial charge on any atom is -0.455 e. The number of para-hydroxylation sites is 2. The fourth-order valence-corrected chi connectivity index (χ4v) is 6.85. The van der Waals surface area contributed by atoms with Gasteiger partial charge in [0.25, 0.3) is 0 Å². The average Bonchev–Trinajstić information content (AvgIpc) is 3.71. The number of benzene rings is 5. The van der Waals surface area contributed by atoms with Crippen LogP contribution in [0, 0.1) is 12.1 Å². The van der Waals surface area contributed by atoms with Crippen LogP contribution >= 0.6 is 0 Å². The second kappa shape index (κ2) is 10.8. The van der Waals surface area contributed by atoms with E-state index in [9.17, 15) is 0 Å². The van der Waals surface area contributed by atoms with Crippen LogP contribution in [0.25, 0.3) is 84.0 Å². The first kappa shape index (κ1) is 26.4. The van der Waals surface area contributed by atoms with Gasteiger partial charge in [-0.1, -0.05) is 121 Å². The second-order valence-corrected chi connectivity index (χ2v) is 11.8. The van der Waals surface area contributed by atoms with Gasteiger partial charge in [0.15, 0.2) is 0 Å². The molecule has 0 bridgehead atoms. The van der Waals surface area contributed by atoms with Crippen molar-refractivity contribution in [3.05, 3.63) is 163 Å². The number of hydrogen-bond acceptors (Lipinski definition) is 2. The van der Waals surface area contributed by atoms with E-state index in [1.165, 1.54) is 16.7 Å². The van der Waals surface area contributed by atoms with E-state index in [0.29, 0.717) is 0 Å². The summed E-state index contributed by atoms with van der Waals surface area (Å²) in [5, 5.41) is 2.24. The first-order valence-electron chi connectivity index (χ1n) is 15.7. The zero-order valence-electron chi connectivity index (χ0n) is 25.1. The number of hydrogen-bond donors (Lipinski definition) is 0. The van der Waals surface area contributed by atoms with Crippen molar-refractivity contribution in [2.24, 2.45) is 0 Å². The van der Waals surface area contributed by atoms with Gasteiger partial charge in [-0.25, -0.2) is 0 Å². The number of fused-ring (bicyclic) bond motifs is 4. The van der Waals surface area contributed by atoms with Crippen molar-refractivity contribution in [2.75, 3.05) is 0 Å². The molecule has 0 saturated heterocycles. The summed E-state index contributed by atoms with van der Waals surface area (Å²) in [5.41, 5.74) is 12.8. The lowest BCUT2D eigenvalue weighted by atomic mass is 9.89. The summed E-state index contributed by atoms with van der Waals surface area (Å²) in [6.07, 6.45) is 6.39. The quantitative estimate of drug-likeness (QED) is 0.200. The molecule has 1 aliphatic rings. The van der Waals surface area contributed by atoms with E-state index in [1.807, 2.05) is 24.3 Å². The van der Waals surface area contributed by atoms with Crippen molar-refractivity contribution in [1.29, 1.82) is 0 Å². The molecule has 2 heterocycles. The molecule has 0 spiro atoms. The van der Waals surface area contributed by atoms with Crippen molar-refractivity contribution >= 4 is 28.0 Å². The molecule has 2 aromatic heterocycles. The average molecular weight is 589 g/mol. The summed E-state index contributed by atoms with van der Waals surface area (Å²) in [5.74, 6) is 1.82. The molecule has 216 valence electrons. The third-order valence-electron chi connectivity index (χ3n) is 9.04. The monoisotopic (exact) mass is 588 g/mol. The summed E-state index contributed by atoms with van der Waals surface area (Å²) in [6.45, 7) is 0. The Balaban J connectivity index is 1.23. The minimum atomic E-state index is 0.895. The molecular formula is C44H28O2. The lowest BCUT2D eigenvalue weighted by molar-refractivity contribution is 0.594. The number of rotatable bonds is 5. The van der Waals surface area contributed by atoms with Crippen LogP contribution in [0.3, 0.4) is 0 Å². The van der Waals surface area contributed by atoms with Gasteiger partial charge in [0.2, 0.25) is 0 Å². The SMILES string of the molecule is c1cccc(-c2cc(-c3cccc4c3oc3ccccc34)ccc2-c2oc(-c3cccc(-c4ccccc4)c3)c3c2CCC=C3)c#1. The highest BCUT2D eigenvalue weighted by atomic mass is 16.3. The molecule has 0 atom stereocenters. The van der Waals surface area contributed by atoms with Crippen molar-refractivity contribution < 1.29 is 8.83 Å². The molecule has 9 rings (SSSR count).